The van der Waals surface area contributed by atoms with E-state index in [1.165, 1.54) is 0 Å². The molecule has 3 unspecified atom stereocenters. The molecule has 0 saturated carbocycles. The van der Waals surface area contributed by atoms with Gasteiger partial charge in [0, 0.05) is 55.6 Å². The molecule has 32 heavy (non-hydrogen) atoms. The molecule has 6 nitrogen and oxygen atoms in total. The molecular weight excluding hydrogens is 404 g/mol. The lowest BCUT2D eigenvalue weighted by Gasteiger charge is -2.36. The second-order valence-corrected chi connectivity index (χ2v) is 8.67. The van der Waals surface area contributed by atoms with Crippen LogP contribution in [-0.2, 0) is 16.6 Å². The second-order valence-electron chi connectivity index (χ2n) is 8.67. The number of hydrogen-bond acceptors (Lipinski definition) is 4. The number of aryl methyl sites for hydroxylation is 1. The average Bonchev–Trinajstić information content (AvgIpc) is 3.12. The number of rotatable bonds is 6. The first-order chi connectivity index (χ1) is 15.4. The van der Waals surface area contributed by atoms with E-state index >= 15 is 0 Å². The Bertz CT molecular complexity index is 1070. The van der Waals surface area contributed by atoms with Crippen molar-refractivity contribution in [2.75, 3.05) is 27.3 Å². The van der Waals surface area contributed by atoms with Crippen molar-refractivity contribution in [3.05, 3.63) is 59.8 Å². The summed E-state index contributed by atoms with van der Waals surface area (Å²) in [5.41, 5.74) is 3.27. The number of carbonyl (C=O) groups is 1. The number of aromatic nitrogens is 1. The summed E-state index contributed by atoms with van der Waals surface area (Å²) in [6, 6.07) is 14.2. The molecule has 170 valence electrons. The van der Waals surface area contributed by atoms with Gasteiger partial charge in [0.05, 0.1) is 26.4 Å². The third kappa shape index (κ3) is 4.46. The minimum atomic E-state index is -0.133. The molecule has 1 aromatic heterocycles. The summed E-state index contributed by atoms with van der Waals surface area (Å²) < 4.78 is 19.0. The lowest BCUT2D eigenvalue weighted by atomic mass is 9.87. The quantitative estimate of drug-likeness (QED) is 0.576. The Hall–Kier alpha value is -2.99. The highest BCUT2D eigenvalue weighted by Crippen LogP contribution is 2.38. The van der Waals surface area contributed by atoms with E-state index in [-0.39, 0.29) is 24.0 Å². The zero-order valence-electron chi connectivity index (χ0n) is 19.5. The summed E-state index contributed by atoms with van der Waals surface area (Å²) in [6.45, 7) is 5.27. The topological polar surface area (TPSA) is 52.9 Å². The number of benzene rings is 2. The van der Waals surface area contributed by atoms with Crippen LogP contribution in [0.1, 0.15) is 37.3 Å². The van der Waals surface area contributed by atoms with E-state index in [0.29, 0.717) is 31.0 Å². The molecule has 3 aromatic rings. The molecular formula is C26H32N2O4. The highest BCUT2D eigenvalue weighted by Gasteiger charge is 2.30. The fourth-order valence-corrected chi connectivity index (χ4v) is 4.77. The number of methoxy groups -OCH3 is 2. The Kier molecular flexibility index (Phi) is 6.42. The molecule has 3 atom stereocenters. The van der Waals surface area contributed by atoms with E-state index in [2.05, 4.69) is 22.9 Å². The van der Waals surface area contributed by atoms with Crippen LogP contribution in [0.5, 0.6) is 11.5 Å². The van der Waals surface area contributed by atoms with Gasteiger partial charge >= 0.3 is 0 Å². The van der Waals surface area contributed by atoms with Gasteiger partial charge in [0.1, 0.15) is 11.5 Å². The van der Waals surface area contributed by atoms with Crippen LogP contribution in [0, 0.1) is 0 Å². The van der Waals surface area contributed by atoms with Gasteiger partial charge in [-0.05, 0) is 43.2 Å². The Labute approximate surface area is 189 Å². The normalized spacial score (nSPS) is 19.7. The molecule has 1 amide bonds. The molecule has 2 heterocycles. The molecule has 1 fully saturated rings. The first-order valence-electron chi connectivity index (χ1n) is 11.1. The first-order valence-corrected chi connectivity index (χ1v) is 11.1. The lowest BCUT2D eigenvalue weighted by Crippen LogP contribution is -2.48. The van der Waals surface area contributed by atoms with Gasteiger partial charge in [0.25, 0.3) is 0 Å². The Morgan fingerprint density at radius 1 is 1.06 bits per heavy atom. The third-order valence-corrected chi connectivity index (χ3v) is 6.23. The Morgan fingerprint density at radius 3 is 2.31 bits per heavy atom. The number of nitrogens with zero attached hydrogens (tertiary/aromatic N) is 2. The van der Waals surface area contributed by atoms with Crippen LogP contribution < -0.4 is 9.47 Å². The van der Waals surface area contributed by atoms with Crippen molar-refractivity contribution < 1.29 is 19.0 Å². The third-order valence-electron chi connectivity index (χ3n) is 6.23. The highest BCUT2D eigenvalue weighted by molar-refractivity contribution is 5.86. The van der Waals surface area contributed by atoms with Gasteiger partial charge in [0.15, 0.2) is 0 Å². The maximum absolute atomic E-state index is 13.5. The maximum atomic E-state index is 13.5. The van der Waals surface area contributed by atoms with E-state index in [0.717, 1.165) is 22.0 Å². The minimum Gasteiger partial charge on any atom is -0.497 e. The number of fused-ring (bicyclic) bond motifs is 1. The van der Waals surface area contributed by atoms with Crippen LogP contribution in [-0.4, -0.2) is 54.9 Å². The number of ether oxygens (including phenoxy) is 3. The fourth-order valence-electron chi connectivity index (χ4n) is 4.77. The summed E-state index contributed by atoms with van der Waals surface area (Å²) in [4.78, 5) is 15.4. The minimum absolute atomic E-state index is 0.0376. The molecule has 1 aliphatic rings. The molecule has 4 rings (SSSR count). The van der Waals surface area contributed by atoms with E-state index in [1.807, 2.05) is 56.1 Å². The zero-order valence-corrected chi connectivity index (χ0v) is 19.5. The van der Waals surface area contributed by atoms with Crippen molar-refractivity contribution in [1.29, 1.82) is 0 Å². The predicted octanol–water partition coefficient (Wildman–Crippen LogP) is 4.35. The average molecular weight is 437 g/mol. The Morgan fingerprint density at radius 2 is 1.69 bits per heavy atom. The van der Waals surface area contributed by atoms with Crippen LogP contribution >= 0.6 is 0 Å². The maximum Gasteiger partial charge on any atom is 0.223 e. The second kappa shape index (κ2) is 9.25. The van der Waals surface area contributed by atoms with E-state index in [4.69, 9.17) is 14.2 Å². The van der Waals surface area contributed by atoms with Crippen LogP contribution in [0.4, 0.5) is 0 Å². The summed E-state index contributed by atoms with van der Waals surface area (Å²) in [5.74, 6) is 1.43. The van der Waals surface area contributed by atoms with Crippen molar-refractivity contribution in [3.8, 4) is 11.5 Å². The first kappa shape index (κ1) is 22.2. The highest BCUT2D eigenvalue weighted by atomic mass is 16.5. The van der Waals surface area contributed by atoms with Crippen LogP contribution in [0.2, 0.25) is 0 Å². The largest absolute Gasteiger partial charge is 0.497 e. The van der Waals surface area contributed by atoms with Crippen molar-refractivity contribution in [1.82, 2.24) is 9.47 Å². The van der Waals surface area contributed by atoms with E-state index in [9.17, 15) is 4.79 Å². The number of morpholine rings is 1. The van der Waals surface area contributed by atoms with Crippen LogP contribution in [0.3, 0.4) is 0 Å². The monoisotopic (exact) mass is 436 g/mol. The molecule has 6 heteroatoms. The van der Waals surface area contributed by atoms with E-state index in [1.54, 1.807) is 14.2 Å². The molecule has 1 aliphatic heterocycles. The predicted molar refractivity (Wildman–Crippen MR) is 126 cm³/mol. The summed E-state index contributed by atoms with van der Waals surface area (Å²) in [6.07, 6.45) is 2.58. The Balaban J connectivity index is 1.77. The van der Waals surface area contributed by atoms with Gasteiger partial charge < -0.3 is 23.7 Å². The standard InChI is InChI=1S/C26H32N2O4/c1-17-14-28(15-18(2)32-17)26(29)13-23(19-10-20(30-4)12-21(11-19)31-5)24-16-27(3)25-9-7-6-8-22(24)25/h6-12,16-18,23H,13-15H2,1-5H3. The number of para-hydroxylation sites is 1. The molecule has 0 bridgehead atoms. The molecule has 1 saturated heterocycles. The fraction of sp³-hybridized carbons (Fsp3) is 0.423. The summed E-state index contributed by atoms with van der Waals surface area (Å²) >= 11 is 0. The van der Waals surface area contributed by atoms with Crippen molar-refractivity contribution in [3.63, 3.8) is 0 Å². The van der Waals surface area contributed by atoms with Crippen molar-refractivity contribution >= 4 is 16.8 Å². The molecule has 2 aromatic carbocycles. The van der Waals surface area contributed by atoms with Crippen molar-refractivity contribution in [2.45, 2.75) is 38.4 Å². The summed E-state index contributed by atoms with van der Waals surface area (Å²) in [7, 11) is 5.34. The van der Waals surface area contributed by atoms with Crippen LogP contribution in [0.15, 0.2) is 48.7 Å². The van der Waals surface area contributed by atoms with Gasteiger partial charge in [-0.1, -0.05) is 18.2 Å². The van der Waals surface area contributed by atoms with Gasteiger partial charge in [-0.3, -0.25) is 4.79 Å². The molecule has 0 N–H and O–H groups in total. The molecule has 0 radical (unpaired) electrons. The number of amides is 1. The molecule has 0 aliphatic carbocycles. The van der Waals surface area contributed by atoms with Gasteiger partial charge in [-0.15, -0.1) is 0 Å². The lowest BCUT2D eigenvalue weighted by molar-refractivity contribution is -0.143. The SMILES string of the molecule is COc1cc(OC)cc(C(CC(=O)N2CC(C)OC(C)C2)c2cn(C)c3ccccc23)c1. The summed E-state index contributed by atoms with van der Waals surface area (Å²) in [5, 5.41) is 1.15. The smallest absolute Gasteiger partial charge is 0.223 e. The molecule has 0 spiro atoms. The zero-order chi connectivity index (χ0) is 22.8. The van der Waals surface area contributed by atoms with E-state index < -0.39 is 0 Å². The van der Waals surface area contributed by atoms with Gasteiger partial charge in [0.2, 0.25) is 5.91 Å². The van der Waals surface area contributed by atoms with Gasteiger partial charge in [-0.2, -0.15) is 0 Å². The van der Waals surface area contributed by atoms with Gasteiger partial charge in [-0.25, -0.2) is 0 Å². The number of carbonyl (C=O) groups excluding carboxylic acids is 1. The van der Waals surface area contributed by atoms with Crippen molar-refractivity contribution in [2.24, 2.45) is 7.05 Å². The number of hydrogen-bond donors (Lipinski definition) is 0. The van der Waals surface area contributed by atoms with Crippen LogP contribution in [0.25, 0.3) is 10.9 Å².